The summed E-state index contributed by atoms with van der Waals surface area (Å²) in [5.41, 5.74) is 0. The van der Waals surface area contributed by atoms with Gasteiger partial charge in [-0.05, 0) is 19.8 Å². The zero-order chi connectivity index (χ0) is 9.59. The first kappa shape index (κ1) is 9.40. The minimum atomic E-state index is -0.780. The van der Waals surface area contributed by atoms with Crippen molar-refractivity contribution in [3.05, 3.63) is 0 Å². The first-order chi connectivity index (χ1) is 6.11. The average Bonchev–Trinajstić information content (AvgIpc) is 2.38. The zero-order valence-electron chi connectivity index (χ0n) is 7.80. The maximum absolute atomic E-state index is 9.67. The molecule has 0 amide bonds. The Morgan fingerprint density at radius 2 is 1.77 bits per heavy atom. The number of aliphatic hydroxyl groups is 3. The minimum Gasteiger partial charge on any atom is -0.391 e. The van der Waals surface area contributed by atoms with Crippen molar-refractivity contribution in [1.82, 2.24) is 4.90 Å². The van der Waals surface area contributed by atoms with E-state index in [0.717, 1.165) is 12.8 Å². The summed E-state index contributed by atoms with van der Waals surface area (Å²) < 4.78 is 0. The monoisotopic (exact) mass is 187 g/mol. The molecule has 2 saturated heterocycles. The van der Waals surface area contributed by atoms with E-state index in [1.54, 1.807) is 0 Å². The van der Waals surface area contributed by atoms with Gasteiger partial charge in [0.25, 0.3) is 0 Å². The maximum Gasteiger partial charge on any atom is 0.0991 e. The normalized spacial score (nSPS) is 52.2. The van der Waals surface area contributed by atoms with Crippen LogP contribution in [0.2, 0.25) is 0 Å². The van der Waals surface area contributed by atoms with Gasteiger partial charge in [-0.15, -0.1) is 0 Å². The number of fused-ring (bicyclic) bond motifs is 1. The van der Waals surface area contributed by atoms with Gasteiger partial charge >= 0.3 is 0 Å². The Kier molecular flexibility index (Phi) is 2.32. The van der Waals surface area contributed by atoms with Crippen molar-refractivity contribution >= 4 is 0 Å². The van der Waals surface area contributed by atoms with Crippen LogP contribution in [-0.2, 0) is 0 Å². The van der Waals surface area contributed by atoms with Crippen LogP contribution < -0.4 is 0 Å². The Balaban J connectivity index is 2.17. The molecular formula is C9H17NO3. The van der Waals surface area contributed by atoms with E-state index in [9.17, 15) is 15.3 Å². The summed E-state index contributed by atoms with van der Waals surface area (Å²) >= 11 is 0. The summed E-state index contributed by atoms with van der Waals surface area (Å²) in [5.74, 6) is 0. The summed E-state index contributed by atoms with van der Waals surface area (Å²) in [6, 6.07) is 0.110. The summed E-state index contributed by atoms with van der Waals surface area (Å²) in [6.45, 7) is 2.56. The number of piperidine rings is 1. The van der Waals surface area contributed by atoms with Crippen molar-refractivity contribution in [2.75, 3.05) is 6.54 Å². The van der Waals surface area contributed by atoms with Crippen molar-refractivity contribution in [3.8, 4) is 0 Å². The molecule has 0 bridgehead atoms. The lowest BCUT2D eigenvalue weighted by Crippen LogP contribution is -2.52. The third-order valence-electron chi connectivity index (χ3n) is 3.37. The molecule has 0 radical (unpaired) electrons. The van der Waals surface area contributed by atoms with E-state index >= 15 is 0 Å². The molecule has 4 nitrogen and oxygen atoms in total. The SMILES string of the molecule is C[C@@H]1CC[C@@H](O)[C@@H]2[C@H](O)[C@H](O)CN21. The number of rotatable bonds is 0. The van der Waals surface area contributed by atoms with Gasteiger partial charge in [-0.25, -0.2) is 0 Å². The zero-order valence-corrected chi connectivity index (χ0v) is 7.80. The van der Waals surface area contributed by atoms with Crippen molar-refractivity contribution < 1.29 is 15.3 Å². The van der Waals surface area contributed by atoms with Crippen LogP contribution in [0, 0.1) is 0 Å². The van der Waals surface area contributed by atoms with E-state index in [0.29, 0.717) is 12.6 Å². The molecule has 3 N–H and O–H groups in total. The molecule has 0 saturated carbocycles. The van der Waals surface area contributed by atoms with E-state index < -0.39 is 18.3 Å². The van der Waals surface area contributed by atoms with Gasteiger partial charge in [0.1, 0.15) is 0 Å². The molecule has 0 aromatic heterocycles. The van der Waals surface area contributed by atoms with Gasteiger partial charge in [-0.1, -0.05) is 0 Å². The van der Waals surface area contributed by atoms with Gasteiger partial charge in [0.15, 0.2) is 0 Å². The second-order valence-corrected chi connectivity index (χ2v) is 4.24. The van der Waals surface area contributed by atoms with Crippen LogP contribution >= 0.6 is 0 Å². The van der Waals surface area contributed by atoms with E-state index in [1.165, 1.54) is 0 Å². The van der Waals surface area contributed by atoms with Gasteiger partial charge < -0.3 is 15.3 Å². The fourth-order valence-electron chi connectivity index (χ4n) is 2.54. The fourth-order valence-corrected chi connectivity index (χ4v) is 2.54. The number of nitrogens with zero attached hydrogens (tertiary/aromatic N) is 1. The molecule has 2 fully saturated rings. The van der Waals surface area contributed by atoms with Gasteiger partial charge in [0, 0.05) is 12.6 Å². The molecule has 2 rings (SSSR count). The smallest absolute Gasteiger partial charge is 0.0991 e. The molecule has 0 aliphatic carbocycles. The van der Waals surface area contributed by atoms with Crippen LogP contribution in [0.15, 0.2) is 0 Å². The summed E-state index contributed by atoms with van der Waals surface area (Å²) in [5, 5.41) is 28.8. The topological polar surface area (TPSA) is 63.9 Å². The second kappa shape index (κ2) is 3.20. The fraction of sp³-hybridized carbons (Fsp3) is 1.00. The minimum absolute atomic E-state index is 0.251. The number of hydrogen-bond acceptors (Lipinski definition) is 4. The Hall–Kier alpha value is -0.160. The van der Waals surface area contributed by atoms with Gasteiger partial charge in [-0.2, -0.15) is 0 Å². The molecule has 0 aromatic rings. The van der Waals surface area contributed by atoms with Gasteiger partial charge in [-0.3, -0.25) is 4.90 Å². The predicted octanol–water partition coefficient (Wildman–Crippen LogP) is -1.06. The van der Waals surface area contributed by atoms with Crippen LogP contribution in [0.3, 0.4) is 0 Å². The Morgan fingerprint density at radius 3 is 2.38 bits per heavy atom. The predicted molar refractivity (Wildman–Crippen MR) is 47.2 cm³/mol. The van der Waals surface area contributed by atoms with Crippen LogP contribution in [0.5, 0.6) is 0 Å². The Bertz CT molecular complexity index is 199. The van der Waals surface area contributed by atoms with Gasteiger partial charge in [0.05, 0.1) is 24.4 Å². The van der Waals surface area contributed by atoms with Crippen LogP contribution in [0.4, 0.5) is 0 Å². The highest BCUT2D eigenvalue weighted by atomic mass is 16.3. The molecule has 76 valence electrons. The highest BCUT2D eigenvalue weighted by Crippen LogP contribution is 2.31. The molecule has 2 heterocycles. The first-order valence-corrected chi connectivity index (χ1v) is 4.91. The van der Waals surface area contributed by atoms with Crippen molar-refractivity contribution in [3.63, 3.8) is 0 Å². The highest BCUT2D eigenvalue weighted by molar-refractivity contribution is 5.01. The van der Waals surface area contributed by atoms with Crippen molar-refractivity contribution in [1.29, 1.82) is 0 Å². The largest absolute Gasteiger partial charge is 0.391 e. The highest BCUT2D eigenvalue weighted by Gasteiger charge is 2.47. The Labute approximate surface area is 77.8 Å². The maximum atomic E-state index is 9.67. The molecule has 2 aliphatic heterocycles. The quantitative estimate of drug-likeness (QED) is 0.452. The van der Waals surface area contributed by atoms with Gasteiger partial charge in [0.2, 0.25) is 0 Å². The van der Waals surface area contributed by atoms with Crippen LogP contribution in [0.25, 0.3) is 0 Å². The second-order valence-electron chi connectivity index (χ2n) is 4.24. The lowest BCUT2D eigenvalue weighted by Gasteiger charge is -2.39. The number of aliphatic hydroxyl groups excluding tert-OH is 3. The molecule has 13 heavy (non-hydrogen) atoms. The molecule has 0 aromatic carbocycles. The van der Waals surface area contributed by atoms with Crippen molar-refractivity contribution in [2.45, 2.75) is 50.2 Å². The molecule has 4 heteroatoms. The lowest BCUT2D eigenvalue weighted by molar-refractivity contribution is -0.0422. The lowest BCUT2D eigenvalue weighted by atomic mass is 9.93. The van der Waals surface area contributed by atoms with Crippen LogP contribution in [0.1, 0.15) is 19.8 Å². The summed E-state index contributed by atoms with van der Waals surface area (Å²) in [4.78, 5) is 2.02. The third kappa shape index (κ3) is 1.38. The summed E-state index contributed by atoms with van der Waals surface area (Å²) in [6.07, 6.45) is -0.287. The molecule has 2 aliphatic rings. The summed E-state index contributed by atoms with van der Waals surface area (Å²) in [7, 11) is 0. The van der Waals surface area contributed by atoms with E-state index in [4.69, 9.17) is 0 Å². The van der Waals surface area contributed by atoms with E-state index in [2.05, 4.69) is 6.92 Å². The van der Waals surface area contributed by atoms with E-state index in [1.807, 2.05) is 4.90 Å². The first-order valence-electron chi connectivity index (χ1n) is 4.91. The number of hydrogen-bond donors (Lipinski definition) is 3. The molecular weight excluding hydrogens is 170 g/mol. The van der Waals surface area contributed by atoms with Crippen LogP contribution in [-0.4, -0.2) is 57.2 Å². The third-order valence-corrected chi connectivity index (χ3v) is 3.37. The average molecular weight is 187 g/mol. The van der Waals surface area contributed by atoms with E-state index in [-0.39, 0.29) is 6.04 Å². The molecule has 5 atom stereocenters. The molecule has 0 unspecified atom stereocenters. The van der Waals surface area contributed by atoms with Crippen molar-refractivity contribution in [2.24, 2.45) is 0 Å². The Morgan fingerprint density at radius 1 is 1.08 bits per heavy atom. The molecule has 0 spiro atoms. The standard InChI is InChI=1S/C9H17NO3/c1-5-2-3-6(11)8-9(13)7(12)4-10(5)8/h5-9,11-13H,2-4H2,1H3/t5-,6-,7-,8-,9-/m1/s1.